The Labute approximate surface area is 193 Å². The third-order valence-electron chi connectivity index (χ3n) is 5.69. The van der Waals surface area contributed by atoms with Crippen molar-refractivity contribution >= 4 is 28.9 Å². The zero-order valence-corrected chi connectivity index (χ0v) is 18.7. The molecule has 10 nitrogen and oxygen atoms in total. The molecule has 2 N–H and O–H groups in total. The number of hydrogen-bond acceptors (Lipinski definition) is 8. The number of carbonyl (C=O) groups is 2. The van der Waals surface area contributed by atoms with Crippen molar-refractivity contribution < 1.29 is 19.5 Å². The average Bonchev–Trinajstić information content (AvgIpc) is 3.57. The summed E-state index contributed by atoms with van der Waals surface area (Å²) in [5.41, 5.74) is 0.992. The van der Waals surface area contributed by atoms with Crippen LogP contribution in [0.2, 0.25) is 0 Å². The lowest BCUT2D eigenvalue weighted by atomic mass is 9.89. The van der Waals surface area contributed by atoms with Gasteiger partial charge < -0.3 is 24.7 Å². The van der Waals surface area contributed by atoms with Crippen LogP contribution in [-0.2, 0) is 9.63 Å². The van der Waals surface area contributed by atoms with Gasteiger partial charge in [-0.2, -0.15) is 0 Å². The quantitative estimate of drug-likeness (QED) is 0.562. The van der Waals surface area contributed by atoms with Crippen LogP contribution in [0.3, 0.4) is 0 Å². The maximum atomic E-state index is 13.0. The number of rotatable bonds is 6. The molecule has 2 aliphatic rings. The lowest BCUT2D eigenvalue weighted by molar-refractivity contribution is -0.136. The maximum absolute atomic E-state index is 13.0. The summed E-state index contributed by atoms with van der Waals surface area (Å²) < 4.78 is 1.85. The molecule has 2 amide bonds. The minimum Gasteiger partial charge on any atom is -0.394 e. The van der Waals surface area contributed by atoms with Crippen LogP contribution in [0.5, 0.6) is 0 Å². The molecular formula is C22H22N6O4S. The van der Waals surface area contributed by atoms with Gasteiger partial charge in [-0.05, 0) is 31.2 Å². The highest BCUT2D eigenvalue weighted by Crippen LogP contribution is 2.29. The molecule has 0 bridgehead atoms. The minimum atomic E-state index is -0.911. The van der Waals surface area contributed by atoms with Gasteiger partial charge in [0.05, 0.1) is 23.5 Å². The highest BCUT2D eigenvalue weighted by Gasteiger charge is 2.48. The third-order valence-corrected chi connectivity index (χ3v) is 6.85. The number of thiazole rings is 1. The molecule has 0 spiro atoms. The molecule has 0 radical (unpaired) electrons. The molecule has 0 aromatic carbocycles. The zero-order valence-electron chi connectivity index (χ0n) is 17.8. The molecule has 0 aliphatic carbocycles. The normalized spacial score (nSPS) is 18.9. The molecule has 3 aromatic heterocycles. The van der Waals surface area contributed by atoms with Gasteiger partial charge in [0.25, 0.3) is 11.8 Å². The summed E-state index contributed by atoms with van der Waals surface area (Å²) in [6, 6.07) is 9.23. The number of nitrogens with one attached hydrogen (secondary N) is 1. The van der Waals surface area contributed by atoms with E-state index < -0.39 is 11.6 Å². The Balaban J connectivity index is 1.20. The summed E-state index contributed by atoms with van der Waals surface area (Å²) in [4.78, 5) is 41.9. The van der Waals surface area contributed by atoms with Gasteiger partial charge in [0.15, 0.2) is 5.13 Å². The number of aromatic nitrogens is 3. The zero-order chi connectivity index (χ0) is 23.0. The summed E-state index contributed by atoms with van der Waals surface area (Å²) in [6.07, 6.45) is 4.88. The summed E-state index contributed by atoms with van der Waals surface area (Å²) >= 11 is 1.31. The Morgan fingerprint density at radius 3 is 2.76 bits per heavy atom. The number of aryl methyl sites for hydroxylation is 1. The first-order chi connectivity index (χ1) is 16.0. The molecule has 5 heterocycles. The van der Waals surface area contributed by atoms with Crippen molar-refractivity contribution in [1.29, 1.82) is 0 Å². The van der Waals surface area contributed by atoms with Crippen molar-refractivity contribution in [2.75, 3.05) is 19.7 Å². The first-order valence-electron chi connectivity index (χ1n) is 10.4. The van der Waals surface area contributed by atoms with Gasteiger partial charge in [-0.15, -0.1) is 0 Å². The van der Waals surface area contributed by atoms with Gasteiger partial charge in [-0.1, -0.05) is 22.6 Å². The molecule has 2 aliphatic heterocycles. The first kappa shape index (κ1) is 21.3. The Hall–Kier alpha value is -3.57. The summed E-state index contributed by atoms with van der Waals surface area (Å²) in [5, 5.41) is 17.5. The average molecular weight is 467 g/mol. The Morgan fingerprint density at radius 2 is 2.06 bits per heavy atom. The fourth-order valence-corrected chi connectivity index (χ4v) is 4.89. The molecular weight excluding hydrogens is 444 g/mol. The van der Waals surface area contributed by atoms with Crippen molar-refractivity contribution in [3.8, 4) is 5.13 Å². The van der Waals surface area contributed by atoms with Gasteiger partial charge in [0, 0.05) is 38.1 Å². The van der Waals surface area contributed by atoms with Gasteiger partial charge in [0.1, 0.15) is 10.6 Å². The van der Waals surface area contributed by atoms with Gasteiger partial charge in [0.2, 0.25) is 6.10 Å². The van der Waals surface area contributed by atoms with Crippen molar-refractivity contribution in [3.05, 3.63) is 65.2 Å². The van der Waals surface area contributed by atoms with Crippen molar-refractivity contribution in [2.45, 2.75) is 25.0 Å². The number of aliphatic hydroxyl groups is 1. The Kier molecular flexibility index (Phi) is 5.43. The summed E-state index contributed by atoms with van der Waals surface area (Å²) in [5.74, 6) is -0.547. The van der Waals surface area contributed by atoms with Crippen molar-refractivity contribution in [3.63, 3.8) is 0 Å². The van der Waals surface area contributed by atoms with E-state index in [0.29, 0.717) is 27.1 Å². The Morgan fingerprint density at radius 1 is 1.27 bits per heavy atom. The first-order valence-corrected chi connectivity index (χ1v) is 11.3. The lowest BCUT2D eigenvalue weighted by Crippen LogP contribution is -2.73. The standard InChI is InChI=1S/C22H22N6O4S/c1-14-18(33-21(24-14)27-8-4-5-9-27)20(31)28-11-22(12-28,13-29)25-19(30)17-10-16(26-32-17)15-6-2-3-7-23-15/h2-9,17,29H,10-13H2,1H3,(H,25,30). The van der Waals surface area contributed by atoms with Crippen LogP contribution in [0, 0.1) is 6.92 Å². The number of aliphatic hydroxyl groups excluding tert-OH is 1. The van der Waals surface area contributed by atoms with E-state index in [2.05, 4.69) is 20.4 Å². The van der Waals surface area contributed by atoms with Crippen molar-refractivity contribution in [1.82, 2.24) is 24.8 Å². The van der Waals surface area contributed by atoms with E-state index in [1.807, 2.05) is 35.2 Å². The number of carbonyl (C=O) groups excluding carboxylic acids is 2. The SMILES string of the molecule is Cc1nc(-n2cccc2)sc1C(=O)N1CC(CO)(NC(=O)C2CC(c3ccccn3)=NO2)C1. The van der Waals surface area contributed by atoms with E-state index in [9.17, 15) is 14.7 Å². The maximum Gasteiger partial charge on any atom is 0.266 e. The predicted octanol–water partition coefficient (Wildman–Crippen LogP) is 1.13. The summed E-state index contributed by atoms with van der Waals surface area (Å²) in [6.45, 7) is 1.91. The second kappa shape index (κ2) is 8.41. The number of hydrogen-bond donors (Lipinski definition) is 2. The number of likely N-dealkylation sites (tertiary alicyclic amines) is 1. The lowest BCUT2D eigenvalue weighted by Gasteiger charge is -2.49. The smallest absolute Gasteiger partial charge is 0.266 e. The van der Waals surface area contributed by atoms with E-state index in [1.54, 1.807) is 30.2 Å². The van der Waals surface area contributed by atoms with Crippen LogP contribution in [0.4, 0.5) is 0 Å². The molecule has 1 unspecified atom stereocenters. The van der Waals surface area contributed by atoms with Crippen LogP contribution in [0.25, 0.3) is 5.13 Å². The number of amides is 2. The van der Waals surface area contributed by atoms with Crippen LogP contribution in [0.1, 0.15) is 27.5 Å². The molecule has 170 valence electrons. The van der Waals surface area contributed by atoms with Crippen LogP contribution < -0.4 is 5.32 Å². The number of oxime groups is 1. The third kappa shape index (κ3) is 4.00. The van der Waals surface area contributed by atoms with Gasteiger partial charge in [-0.25, -0.2) is 4.98 Å². The molecule has 33 heavy (non-hydrogen) atoms. The fourth-order valence-electron chi connectivity index (χ4n) is 3.89. The number of nitrogens with zero attached hydrogens (tertiary/aromatic N) is 5. The van der Waals surface area contributed by atoms with E-state index in [4.69, 9.17) is 4.84 Å². The van der Waals surface area contributed by atoms with Crippen LogP contribution >= 0.6 is 11.3 Å². The van der Waals surface area contributed by atoms with E-state index >= 15 is 0 Å². The number of pyridine rings is 1. The highest BCUT2D eigenvalue weighted by atomic mass is 32.1. The highest BCUT2D eigenvalue weighted by molar-refractivity contribution is 7.16. The molecule has 1 fully saturated rings. The fraction of sp³-hybridized carbons (Fsp3) is 0.318. The Bertz CT molecular complexity index is 1200. The monoisotopic (exact) mass is 466 g/mol. The molecule has 11 heteroatoms. The molecule has 1 saturated heterocycles. The summed E-state index contributed by atoms with van der Waals surface area (Å²) in [7, 11) is 0. The largest absolute Gasteiger partial charge is 0.394 e. The second-order valence-corrected chi connectivity index (χ2v) is 9.12. The second-order valence-electron chi connectivity index (χ2n) is 8.14. The van der Waals surface area contributed by atoms with E-state index in [0.717, 1.165) is 0 Å². The minimum absolute atomic E-state index is 0.167. The van der Waals surface area contributed by atoms with E-state index in [1.165, 1.54) is 11.3 Å². The van der Waals surface area contributed by atoms with Gasteiger partial charge in [-0.3, -0.25) is 14.6 Å². The van der Waals surface area contributed by atoms with Crippen molar-refractivity contribution in [2.24, 2.45) is 5.16 Å². The molecule has 1 atom stereocenters. The van der Waals surface area contributed by atoms with Crippen LogP contribution in [0.15, 0.2) is 54.1 Å². The van der Waals surface area contributed by atoms with Gasteiger partial charge >= 0.3 is 0 Å². The topological polar surface area (TPSA) is 122 Å². The van der Waals surface area contributed by atoms with Crippen LogP contribution in [-0.4, -0.2) is 73.4 Å². The predicted molar refractivity (Wildman–Crippen MR) is 120 cm³/mol. The van der Waals surface area contributed by atoms with E-state index in [-0.39, 0.29) is 37.9 Å². The molecule has 3 aromatic rings. The molecule has 5 rings (SSSR count). The molecule has 0 saturated carbocycles.